The lowest BCUT2D eigenvalue weighted by molar-refractivity contribution is -0.116. The van der Waals surface area contributed by atoms with Gasteiger partial charge in [-0.3, -0.25) is 4.79 Å². The number of benzene rings is 1. The minimum absolute atomic E-state index is 0. The van der Waals surface area contributed by atoms with Crippen molar-refractivity contribution >= 4 is 29.7 Å². The number of rotatable bonds is 4. The summed E-state index contributed by atoms with van der Waals surface area (Å²) in [6.45, 7) is 6.54. The molecule has 1 rings (SSSR count). The van der Waals surface area contributed by atoms with Crippen LogP contribution in [-0.4, -0.2) is 5.91 Å². The van der Waals surface area contributed by atoms with Crippen LogP contribution >= 0.6 is 12.4 Å². The molecular weight excluding hydrogens is 248 g/mol. The number of hydrogen-bond donors (Lipinski definition) is 2. The van der Waals surface area contributed by atoms with Crippen molar-refractivity contribution in [2.45, 2.75) is 40.0 Å². The van der Waals surface area contributed by atoms with Crippen LogP contribution < -0.4 is 11.1 Å². The highest BCUT2D eigenvalue weighted by Crippen LogP contribution is 2.22. The molecule has 0 radical (unpaired) electrons. The molecule has 0 aliphatic rings. The van der Waals surface area contributed by atoms with Gasteiger partial charge in [0.25, 0.3) is 0 Å². The summed E-state index contributed by atoms with van der Waals surface area (Å²) in [6, 6.07) is 7.31. The fraction of sp³-hybridized carbons (Fsp3) is 0.500. The van der Waals surface area contributed by atoms with Crippen LogP contribution in [0.15, 0.2) is 24.3 Å². The number of carbonyl (C=O) groups is 1. The second-order valence-electron chi connectivity index (χ2n) is 5.55. The van der Waals surface area contributed by atoms with Crippen molar-refractivity contribution in [3.05, 3.63) is 24.3 Å². The van der Waals surface area contributed by atoms with Crippen LogP contribution in [0, 0.1) is 5.41 Å². The van der Waals surface area contributed by atoms with E-state index < -0.39 is 0 Å². The Balaban J connectivity index is 0.00000289. The molecule has 102 valence electrons. The van der Waals surface area contributed by atoms with E-state index in [2.05, 4.69) is 26.1 Å². The highest BCUT2D eigenvalue weighted by atomic mass is 35.5. The SMILES string of the molecule is CC(C)(C)CCCC(=O)Nc1ccccc1N.Cl. The number of para-hydroxylation sites is 2. The van der Waals surface area contributed by atoms with Crippen molar-refractivity contribution in [2.75, 3.05) is 11.1 Å². The first-order chi connectivity index (χ1) is 7.88. The fourth-order valence-electron chi connectivity index (χ4n) is 1.60. The molecule has 1 aromatic carbocycles. The van der Waals surface area contributed by atoms with E-state index in [4.69, 9.17) is 5.73 Å². The monoisotopic (exact) mass is 270 g/mol. The molecule has 0 saturated carbocycles. The van der Waals surface area contributed by atoms with Crippen LogP contribution in [-0.2, 0) is 4.79 Å². The van der Waals surface area contributed by atoms with Crippen LogP contribution in [0.5, 0.6) is 0 Å². The topological polar surface area (TPSA) is 55.1 Å². The third-order valence-corrected chi connectivity index (χ3v) is 2.57. The van der Waals surface area contributed by atoms with E-state index in [1.54, 1.807) is 6.07 Å². The van der Waals surface area contributed by atoms with Crippen molar-refractivity contribution in [2.24, 2.45) is 5.41 Å². The molecule has 3 N–H and O–H groups in total. The standard InChI is InChI=1S/C14H22N2O.ClH/c1-14(2,3)10-6-9-13(17)16-12-8-5-4-7-11(12)15;/h4-5,7-8H,6,9-10,15H2,1-3H3,(H,16,17);1H. The largest absolute Gasteiger partial charge is 0.397 e. The molecule has 18 heavy (non-hydrogen) atoms. The molecule has 0 saturated heterocycles. The van der Waals surface area contributed by atoms with Gasteiger partial charge in [-0.1, -0.05) is 32.9 Å². The molecular formula is C14H23ClN2O. The molecule has 0 aliphatic heterocycles. The third kappa shape index (κ3) is 6.50. The maximum Gasteiger partial charge on any atom is 0.224 e. The Hall–Kier alpha value is -1.22. The number of nitrogens with two attached hydrogens (primary N) is 1. The van der Waals surface area contributed by atoms with Crippen LogP contribution in [0.4, 0.5) is 11.4 Å². The van der Waals surface area contributed by atoms with Crippen LogP contribution in [0.25, 0.3) is 0 Å². The van der Waals surface area contributed by atoms with Crippen molar-refractivity contribution < 1.29 is 4.79 Å². The smallest absolute Gasteiger partial charge is 0.224 e. The molecule has 0 bridgehead atoms. The highest BCUT2D eigenvalue weighted by Gasteiger charge is 2.11. The van der Waals surface area contributed by atoms with E-state index >= 15 is 0 Å². The number of amides is 1. The first-order valence-corrected chi connectivity index (χ1v) is 6.03. The average molecular weight is 271 g/mol. The van der Waals surface area contributed by atoms with Crippen LogP contribution in [0.2, 0.25) is 0 Å². The van der Waals surface area contributed by atoms with E-state index in [0.717, 1.165) is 12.8 Å². The minimum Gasteiger partial charge on any atom is -0.397 e. The lowest BCUT2D eigenvalue weighted by Crippen LogP contribution is -2.14. The van der Waals surface area contributed by atoms with Gasteiger partial charge in [-0.2, -0.15) is 0 Å². The van der Waals surface area contributed by atoms with E-state index in [1.165, 1.54) is 0 Å². The number of nitrogen functional groups attached to an aromatic ring is 1. The number of hydrogen-bond acceptors (Lipinski definition) is 2. The van der Waals surface area contributed by atoms with Gasteiger partial charge in [-0.05, 0) is 30.4 Å². The van der Waals surface area contributed by atoms with Crippen molar-refractivity contribution in [1.29, 1.82) is 0 Å². The molecule has 0 fully saturated rings. The van der Waals surface area contributed by atoms with Gasteiger partial charge in [0.1, 0.15) is 0 Å². The Morgan fingerprint density at radius 1 is 1.28 bits per heavy atom. The van der Waals surface area contributed by atoms with E-state index in [9.17, 15) is 4.79 Å². The van der Waals surface area contributed by atoms with Gasteiger partial charge in [-0.25, -0.2) is 0 Å². The second-order valence-corrected chi connectivity index (χ2v) is 5.55. The summed E-state index contributed by atoms with van der Waals surface area (Å²) < 4.78 is 0. The first kappa shape index (κ1) is 16.8. The molecule has 0 aromatic heterocycles. The first-order valence-electron chi connectivity index (χ1n) is 6.03. The number of halogens is 1. The Bertz CT molecular complexity index is 386. The Morgan fingerprint density at radius 2 is 1.89 bits per heavy atom. The fourth-order valence-corrected chi connectivity index (χ4v) is 1.60. The second kappa shape index (κ2) is 7.27. The molecule has 0 atom stereocenters. The summed E-state index contributed by atoms with van der Waals surface area (Å²) in [7, 11) is 0. The summed E-state index contributed by atoms with van der Waals surface area (Å²) in [4.78, 5) is 11.7. The zero-order chi connectivity index (χ0) is 12.9. The normalized spacial score (nSPS) is 10.6. The van der Waals surface area contributed by atoms with E-state index in [0.29, 0.717) is 17.8 Å². The average Bonchev–Trinajstić information content (AvgIpc) is 2.19. The predicted octanol–water partition coefficient (Wildman–Crippen LogP) is 3.85. The van der Waals surface area contributed by atoms with E-state index in [1.807, 2.05) is 18.2 Å². The summed E-state index contributed by atoms with van der Waals surface area (Å²) >= 11 is 0. The number of nitrogens with one attached hydrogen (secondary N) is 1. The van der Waals surface area contributed by atoms with Crippen LogP contribution in [0.1, 0.15) is 40.0 Å². The number of anilines is 2. The van der Waals surface area contributed by atoms with Gasteiger partial charge in [0, 0.05) is 6.42 Å². The molecule has 0 spiro atoms. The zero-order valence-corrected chi connectivity index (χ0v) is 12.1. The Morgan fingerprint density at radius 3 is 2.44 bits per heavy atom. The van der Waals surface area contributed by atoms with Gasteiger partial charge < -0.3 is 11.1 Å². The van der Waals surface area contributed by atoms with Crippen molar-refractivity contribution in [1.82, 2.24) is 0 Å². The Kier molecular flexibility index (Phi) is 6.77. The molecule has 0 aliphatic carbocycles. The van der Waals surface area contributed by atoms with E-state index in [-0.39, 0.29) is 23.7 Å². The lowest BCUT2D eigenvalue weighted by Gasteiger charge is -2.17. The van der Waals surface area contributed by atoms with Gasteiger partial charge in [0.2, 0.25) is 5.91 Å². The maximum atomic E-state index is 11.7. The molecule has 1 aromatic rings. The maximum absolute atomic E-state index is 11.7. The molecule has 1 amide bonds. The third-order valence-electron chi connectivity index (χ3n) is 2.57. The lowest BCUT2D eigenvalue weighted by atomic mass is 9.90. The summed E-state index contributed by atoms with van der Waals surface area (Å²) in [5.74, 6) is 0.0344. The molecule has 3 nitrogen and oxygen atoms in total. The summed E-state index contributed by atoms with van der Waals surface area (Å²) in [5, 5.41) is 2.83. The van der Waals surface area contributed by atoms with Crippen LogP contribution in [0.3, 0.4) is 0 Å². The van der Waals surface area contributed by atoms with Crippen molar-refractivity contribution in [3.8, 4) is 0 Å². The minimum atomic E-state index is 0. The van der Waals surface area contributed by atoms with Gasteiger partial charge >= 0.3 is 0 Å². The molecule has 0 heterocycles. The predicted molar refractivity (Wildman–Crippen MR) is 80.0 cm³/mol. The van der Waals surface area contributed by atoms with Gasteiger partial charge in [0.15, 0.2) is 0 Å². The zero-order valence-electron chi connectivity index (χ0n) is 11.3. The Labute approximate surface area is 116 Å². The highest BCUT2D eigenvalue weighted by molar-refractivity contribution is 5.93. The summed E-state index contributed by atoms with van der Waals surface area (Å²) in [5.41, 5.74) is 7.35. The number of carbonyl (C=O) groups excluding carboxylic acids is 1. The van der Waals surface area contributed by atoms with Gasteiger partial charge in [0.05, 0.1) is 11.4 Å². The summed E-state index contributed by atoms with van der Waals surface area (Å²) in [6.07, 6.45) is 2.50. The molecule has 0 unspecified atom stereocenters. The molecule has 4 heteroatoms. The quantitative estimate of drug-likeness (QED) is 0.817. The van der Waals surface area contributed by atoms with Gasteiger partial charge in [-0.15, -0.1) is 12.4 Å². The van der Waals surface area contributed by atoms with Crippen molar-refractivity contribution in [3.63, 3.8) is 0 Å².